The Kier molecular flexibility index (Phi) is 7.23. The summed E-state index contributed by atoms with van der Waals surface area (Å²) < 4.78 is 11.2. The molecule has 29 heavy (non-hydrogen) atoms. The SMILES string of the molecule is COC(=O)COc1ccc(Br)cc1/C=C1\SC(=S)N(c2ccc(Cl)cc2Cl)C1=O. The van der Waals surface area contributed by atoms with Crippen LogP contribution in [-0.2, 0) is 14.3 Å². The van der Waals surface area contributed by atoms with E-state index in [1.54, 1.807) is 42.5 Å². The number of carbonyl (C=O) groups is 2. The van der Waals surface area contributed by atoms with Crippen molar-refractivity contribution in [1.29, 1.82) is 0 Å². The van der Waals surface area contributed by atoms with E-state index < -0.39 is 5.97 Å². The van der Waals surface area contributed by atoms with Gasteiger partial charge in [-0.3, -0.25) is 9.69 Å². The Morgan fingerprint density at radius 2 is 2.03 bits per heavy atom. The van der Waals surface area contributed by atoms with Crippen molar-refractivity contribution >= 4 is 91.1 Å². The fraction of sp³-hybridized carbons (Fsp3) is 0.105. The number of hydrogen-bond acceptors (Lipinski definition) is 6. The molecule has 1 aliphatic rings. The number of carbonyl (C=O) groups excluding carboxylic acids is 2. The van der Waals surface area contributed by atoms with Crippen LogP contribution < -0.4 is 9.64 Å². The standard InChI is InChI=1S/C19H12BrCl2NO4S2/c1-26-17(24)9-27-15-5-2-11(20)6-10(15)7-16-18(25)23(19(28)29-16)14-4-3-12(21)8-13(14)22/h2-8H,9H2,1H3/b16-7-. The largest absolute Gasteiger partial charge is 0.481 e. The first-order valence-corrected chi connectivity index (χ1v) is 10.8. The molecule has 0 radical (unpaired) electrons. The van der Waals surface area contributed by atoms with Gasteiger partial charge in [-0.25, -0.2) is 4.79 Å². The lowest BCUT2D eigenvalue weighted by Crippen LogP contribution is -2.27. The highest BCUT2D eigenvalue weighted by Gasteiger charge is 2.34. The van der Waals surface area contributed by atoms with Gasteiger partial charge in [0.15, 0.2) is 10.9 Å². The summed E-state index contributed by atoms with van der Waals surface area (Å²) in [5.74, 6) is -0.404. The van der Waals surface area contributed by atoms with Crippen molar-refractivity contribution in [2.75, 3.05) is 18.6 Å². The van der Waals surface area contributed by atoms with Gasteiger partial charge < -0.3 is 9.47 Å². The van der Waals surface area contributed by atoms with Gasteiger partial charge in [0, 0.05) is 15.1 Å². The molecule has 1 heterocycles. The first-order valence-electron chi connectivity index (χ1n) is 8.02. The molecule has 3 rings (SSSR count). The molecule has 0 aromatic heterocycles. The van der Waals surface area contributed by atoms with Crippen molar-refractivity contribution in [3.63, 3.8) is 0 Å². The number of nitrogens with zero attached hydrogens (tertiary/aromatic N) is 1. The van der Waals surface area contributed by atoms with Gasteiger partial charge in [-0.05, 0) is 42.5 Å². The maximum atomic E-state index is 13.0. The Morgan fingerprint density at radius 1 is 1.28 bits per heavy atom. The molecule has 2 aromatic rings. The molecule has 0 spiro atoms. The van der Waals surface area contributed by atoms with Gasteiger partial charge in [0.1, 0.15) is 5.75 Å². The summed E-state index contributed by atoms with van der Waals surface area (Å²) in [4.78, 5) is 26.1. The molecule has 0 atom stereocenters. The van der Waals surface area contributed by atoms with Gasteiger partial charge in [0.2, 0.25) is 0 Å². The van der Waals surface area contributed by atoms with Crippen LogP contribution in [0.3, 0.4) is 0 Å². The van der Waals surface area contributed by atoms with Crippen LogP contribution in [0, 0.1) is 0 Å². The van der Waals surface area contributed by atoms with Crippen molar-refractivity contribution in [3.8, 4) is 5.75 Å². The van der Waals surface area contributed by atoms with Crippen molar-refractivity contribution < 1.29 is 19.1 Å². The Bertz CT molecular complexity index is 1040. The summed E-state index contributed by atoms with van der Waals surface area (Å²) in [6, 6.07) is 10.1. The number of halogens is 3. The second kappa shape index (κ2) is 9.49. The summed E-state index contributed by atoms with van der Waals surface area (Å²) in [6.07, 6.45) is 1.65. The molecule has 1 amide bonds. The molecule has 0 N–H and O–H groups in total. The molecule has 1 fully saturated rings. The Hall–Kier alpha value is -1.58. The molecule has 0 bridgehead atoms. The third-order valence-electron chi connectivity index (χ3n) is 3.78. The summed E-state index contributed by atoms with van der Waals surface area (Å²) in [6.45, 7) is -0.250. The van der Waals surface area contributed by atoms with Crippen LogP contribution in [0.25, 0.3) is 6.08 Å². The van der Waals surface area contributed by atoms with Crippen molar-refractivity contribution in [3.05, 3.63) is 61.4 Å². The highest BCUT2D eigenvalue weighted by atomic mass is 79.9. The molecule has 1 aliphatic heterocycles. The Morgan fingerprint density at radius 3 is 2.72 bits per heavy atom. The zero-order chi connectivity index (χ0) is 21.1. The highest BCUT2D eigenvalue weighted by molar-refractivity contribution is 9.10. The molecule has 0 saturated carbocycles. The van der Waals surface area contributed by atoms with Crippen molar-refractivity contribution in [2.24, 2.45) is 0 Å². The molecule has 2 aromatic carbocycles. The van der Waals surface area contributed by atoms with E-state index in [9.17, 15) is 9.59 Å². The maximum absolute atomic E-state index is 13.0. The Labute approximate surface area is 195 Å². The zero-order valence-electron chi connectivity index (χ0n) is 14.8. The summed E-state index contributed by atoms with van der Waals surface area (Å²) >= 11 is 22.1. The predicted molar refractivity (Wildman–Crippen MR) is 124 cm³/mol. The van der Waals surface area contributed by atoms with E-state index in [4.69, 9.17) is 40.2 Å². The van der Waals surface area contributed by atoms with E-state index >= 15 is 0 Å². The molecule has 150 valence electrons. The third kappa shape index (κ3) is 5.13. The number of methoxy groups -OCH3 is 1. The topological polar surface area (TPSA) is 55.8 Å². The van der Waals surface area contributed by atoms with Crippen molar-refractivity contribution in [2.45, 2.75) is 0 Å². The second-order valence-electron chi connectivity index (χ2n) is 5.66. The average Bonchev–Trinajstić information content (AvgIpc) is 2.94. The highest BCUT2D eigenvalue weighted by Crippen LogP contribution is 2.40. The predicted octanol–water partition coefficient (Wildman–Crippen LogP) is 5.71. The fourth-order valence-corrected chi connectivity index (χ4v) is 4.59. The number of hydrogen-bond donors (Lipinski definition) is 0. The summed E-state index contributed by atoms with van der Waals surface area (Å²) in [5, 5.41) is 0.779. The van der Waals surface area contributed by atoms with Gasteiger partial charge in [0.05, 0.1) is 22.7 Å². The average molecular weight is 533 g/mol. The van der Waals surface area contributed by atoms with E-state index in [0.717, 1.165) is 16.2 Å². The van der Waals surface area contributed by atoms with Crippen LogP contribution >= 0.6 is 63.1 Å². The quantitative estimate of drug-likeness (QED) is 0.279. The lowest BCUT2D eigenvalue weighted by Gasteiger charge is -2.16. The van der Waals surface area contributed by atoms with E-state index in [1.165, 1.54) is 12.0 Å². The number of esters is 1. The van der Waals surface area contributed by atoms with E-state index in [1.807, 2.05) is 0 Å². The normalized spacial score (nSPS) is 15.2. The molecule has 5 nitrogen and oxygen atoms in total. The third-order valence-corrected chi connectivity index (χ3v) is 6.11. The van der Waals surface area contributed by atoms with Gasteiger partial charge in [-0.15, -0.1) is 0 Å². The molecule has 1 saturated heterocycles. The molecular weight excluding hydrogens is 521 g/mol. The second-order valence-corrected chi connectivity index (χ2v) is 9.09. The van der Waals surface area contributed by atoms with Gasteiger partial charge >= 0.3 is 5.97 Å². The maximum Gasteiger partial charge on any atom is 0.343 e. The monoisotopic (exact) mass is 531 g/mol. The summed E-state index contributed by atoms with van der Waals surface area (Å²) in [7, 11) is 1.28. The number of rotatable bonds is 5. The minimum absolute atomic E-state index is 0.250. The minimum Gasteiger partial charge on any atom is -0.481 e. The smallest absolute Gasteiger partial charge is 0.343 e. The van der Waals surface area contributed by atoms with Gasteiger partial charge in [0.25, 0.3) is 5.91 Å². The van der Waals surface area contributed by atoms with E-state index in [2.05, 4.69) is 20.7 Å². The number of thiocarbonyl (C=S) groups is 1. The van der Waals surface area contributed by atoms with Gasteiger partial charge in [-0.1, -0.05) is 63.1 Å². The van der Waals surface area contributed by atoms with Crippen LogP contribution in [-0.4, -0.2) is 29.9 Å². The zero-order valence-corrected chi connectivity index (χ0v) is 19.5. The fourth-order valence-electron chi connectivity index (χ4n) is 2.44. The van der Waals surface area contributed by atoms with Crippen molar-refractivity contribution in [1.82, 2.24) is 0 Å². The molecule has 0 unspecified atom stereocenters. The number of ether oxygens (including phenoxy) is 2. The lowest BCUT2D eigenvalue weighted by atomic mass is 10.2. The van der Waals surface area contributed by atoms with Crippen LogP contribution in [0.5, 0.6) is 5.75 Å². The summed E-state index contributed by atoms with van der Waals surface area (Å²) in [5.41, 5.74) is 1.06. The first kappa shape index (κ1) is 22.1. The number of benzene rings is 2. The number of thioether (sulfide) groups is 1. The van der Waals surface area contributed by atoms with Crippen LogP contribution in [0.15, 0.2) is 45.8 Å². The number of amides is 1. The van der Waals surface area contributed by atoms with Crippen LogP contribution in [0.1, 0.15) is 5.56 Å². The minimum atomic E-state index is -0.512. The van der Waals surface area contributed by atoms with E-state index in [-0.39, 0.29) is 12.5 Å². The lowest BCUT2D eigenvalue weighted by molar-refractivity contribution is -0.142. The first-order chi connectivity index (χ1) is 13.8. The number of anilines is 1. The van der Waals surface area contributed by atoms with E-state index in [0.29, 0.717) is 36.3 Å². The molecule has 0 aliphatic carbocycles. The Balaban J connectivity index is 1.93. The molecule has 10 heteroatoms. The van der Waals surface area contributed by atoms with Gasteiger partial charge in [-0.2, -0.15) is 0 Å². The van der Waals surface area contributed by atoms with Crippen LogP contribution in [0.4, 0.5) is 5.69 Å². The van der Waals surface area contributed by atoms with Crippen LogP contribution in [0.2, 0.25) is 10.0 Å². The molecular formula is C19H12BrCl2NO4S2.